The van der Waals surface area contributed by atoms with Gasteiger partial charge in [-0.15, -0.1) is 0 Å². The summed E-state index contributed by atoms with van der Waals surface area (Å²) in [5.74, 6) is -0.117. The monoisotopic (exact) mass is 356 g/mol. The molecule has 0 spiro atoms. The summed E-state index contributed by atoms with van der Waals surface area (Å²) in [5.41, 5.74) is 3.08. The normalized spacial score (nSPS) is 17.0. The topological polar surface area (TPSA) is 49.4 Å². The van der Waals surface area contributed by atoms with E-state index in [1.165, 1.54) is 5.56 Å². The second kappa shape index (κ2) is 7.70. The summed E-state index contributed by atoms with van der Waals surface area (Å²) in [6.45, 7) is 2.85. The Bertz CT molecular complexity index is 774. The summed E-state index contributed by atoms with van der Waals surface area (Å²) < 4.78 is 0. The molecular weight excluding hydrogens is 336 g/mol. The van der Waals surface area contributed by atoms with Crippen molar-refractivity contribution in [2.24, 2.45) is 0 Å². The van der Waals surface area contributed by atoms with E-state index in [4.69, 9.17) is 11.6 Å². The van der Waals surface area contributed by atoms with E-state index >= 15 is 0 Å². The maximum atomic E-state index is 12.6. The van der Waals surface area contributed by atoms with E-state index in [1.54, 1.807) is 11.0 Å². The van der Waals surface area contributed by atoms with Crippen molar-refractivity contribution in [3.8, 4) is 0 Å². The van der Waals surface area contributed by atoms with Gasteiger partial charge in [-0.25, -0.2) is 0 Å². The van der Waals surface area contributed by atoms with Crippen LogP contribution in [0, 0.1) is 6.92 Å². The Hall–Kier alpha value is -2.33. The van der Waals surface area contributed by atoms with Crippen molar-refractivity contribution in [3.05, 3.63) is 70.2 Å². The highest BCUT2D eigenvalue weighted by Gasteiger charge is 2.36. The molecule has 25 heavy (non-hydrogen) atoms. The fourth-order valence-electron chi connectivity index (χ4n) is 3.03. The van der Waals surface area contributed by atoms with Gasteiger partial charge in [-0.2, -0.15) is 0 Å². The third kappa shape index (κ3) is 4.20. The zero-order valence-electron chi connectivity index (χ0n) is 14.2. The standard InChI is InChI=1S/C20H21ClN2O2/c1-14-6-8-15(9-7-14)12-22-20(25)18-10-11-19(24)23(18)13-16-4-2-3-5-17(16)21/h2-9,18H,10-13H2,1H3,(H,22,25)/t18-/m1/s1. The van der Waals surface area contributed by atoms with Gasteiger partial charge in [0.1, 0.15) is 6.04 Å². The summed E-state index contributed by atoms with van der Waals surface area (Å²) >= 11 is 6.19. The van der Waals surface area contributed by atoms with E-state index in [0.717, 1.165) is 11.1 Å². The largest absolute Gasteiger partial charge is 0.350 e. The third-order valence-electron chi connectivity index (χ3n) is 4.52. The summed E-state index contributed by atoms with van der Waals surface area (Å²) in [6.07, 6.45) is 0.941. The number of nitrogens with one attached hydrogen (secondary N) is 1. The lowest BCUT2D eigenvalue weighted by Gasteiger charge is -2.24. The molecule has 0 aliphatic carbocycles. The van der Waals surface area contributed by atoms with Crippen LogP contribution in [0.25, 0.3) is 0 Å². The molecule has 2 aromatic carbocycles. The fourth-order valence-corrected chi connectivity index (χ4v) is 3.22. The highest BCUT2D eigenvalue weighted by Crippen LogP contribution is 2.25. The van der Waals surface area contributed by atoms with E-state index in [1.807, 2.05) is 49.4 Å². The SMILES string of the molecule is Cc1ccc(CNC(=O)[C@H]2CCC(=O)N2Cc2ccccc2Cl)cc1. The lowest BCUT2D eigenvalue weighted by atomic mass is 10.1. The molecule has 0 unspecified atom stereocenters. The Kier molecular flexibility index (Phi) is 5.39. The van der Waals surface area contributed by atoms with Crippen molar-refractivity contribution >= 4 is 23.4 Å². The van der Waals surface area contributed by atoms with Crippen molar-refractivity contribution in [1.82, 2.24) is 10.2 Å². The van der Waals surface area contributed by atoms with Crippen LogP contribution in [0.2, 0.25) is 5.02 Å². The molecule has 0 bridgehead atoms. The van der Waals surface area contributed by atoms with Crippen LogP contribution in [0.4, 0.5) is 0 Å². The van der Waals surface area contributed by atoms with Gasteiger partial charge in [-0.05, 0) is 30.5 Å². The second-order valence-corrected chi connectivity index (χ2v) is 6.78. The third-order valence-corrected chi connectivity index (χ3v) is 4.89. The fraction of sp³-hybridized carbons (Fsp3) is 0.300. The van der Waals surface area contributed by atoms with Gasteiger partial charge in [0.2, 0.25) is 11.8 Å². The number of rotatable bonds is 5. The molecule has 5 heteroatoms. The highest BCUT2D eigenvalue weighted by atomic mass is 35.5. The lowest BCUT2D eigenvalue weighted by molar-refractivity contribution is -0.135. The Morgan fingerprint density at radius 2 is 1.92 bits per heavy atom. The van der Waals surface area contributed by atoms with Crippen molar-refractivity contribution < 1.29 is 9.59 Å². The average molecular weight is 357 g/mol. The van der Waals surface area contributed by atoms with Gasteiger partial charge in [-0.1, -0.05) is 59.6 Å². The Labute approximate surface area is 152 Å². The van der Waals surface area contributed by atoms with Crippen LogP contribution in [-0.4, -0.2) is 22.8 Å². The predicted octanol–water partition coefficient (Wildman–Crippen LogP) is 3.46. The van der Waals surface area contributed by atoms with Crippen molar-refractivity contribution in [2.45, 2.75) is 38.9 Å². The van der Waals surface area contributed by atoms with E-state index in [0.29, 0.717) is 31.0 Å². The Morgan fingerprint density at radius 3 is 2.64 bits per heavy atom. The van der Waals surface area contributed by atoms with E-state index in [2.05, 4.69) is 5.32 Å². The molecule has 130 valence electrons. The van der Waals surface area contributed by atoms with Gasteiger partial charge >= 0.3 is 0 Å². The molecule has 0 radical (unpaired) electrons. The Balaban J connectivity index is 1.65. The minimum atomic E-state index is -0.436. The number of benzene rings is 2. The smallest absolute Gasteiger partial charge is 0.243 e. The van der Waals surface area contributed by atoms with E-state index in [9.17, 15) is 9.59 Å². The van der Waals surface area contributed by atoms with E-state index in [-0.39, 0.29) is 11.8 Å². The van der Waals surface area contributed by atoms with Crippen molar-refractivity contribution in [1.29, 1.82) is 0 Å². The number of likely N-dealkylation sites (tertiary alicyclic amines) is 1. The number of nitrogens with zero attached hydrogens (tertiary/aromatic N) is 1. The van der Waals surface area contributed by atoms with Crippen molar-refractivity contribution in [2.75, 3.05) is 0 Å². The van der Waals surface area contributed by atoms with Crippen LogP contribution in [0.1, 0.15) is 29.5 Å². The first-order valence-corrected chi connectivity index (χ1v) is 8.78. The van der Waals surface area contributed by atoms with Gasteiger partial charge in [-0.3, -0.25) is 9.59 Å². The minimum Gasteiger partial charge on any atom is -0.350 e. The first-order valence-electron chi connectivity index (χ1n) is 8.41. The van der Waals surface area contributed by atoms with Crippen LogP contribution in [0.5, 0.6) is 0 Å². The predicted molar refractivity (Wildman–Crippen MR) is 98.0 cm³/mol. The summed E-state index contributed by atoms with van der Waals surface area (Å²) in [7, 11) is 0. The van der Waals surface area contributed by atoms with Crippen molar-refractivity contribution in [3.63, 3.8) is 0 Å². The average Bonchev–Trinajstić information content (AvgIpc) is 2.97. The quantitative estimate of drug-likeness (QED) is 0.892. The maximum Gasteiger partial charge on any atom is 0.243 e. The molecule has 1 saturated heterocycles. The molecule has 1 aliphatic heterocycles. The second-order valence-electron chi connectivity index (χ2n) is 6.37. The first kappa shape index (κ1) is 17.5. The molecule has 2 amide bonds. The summed E-state index contributed by atoms with van der Waals surface area (Å²) in [6, 6.07) is 15.0. The maximum absolute atomic E-state index is 12.6. The van der Waals surface area contributed by atoms with Crippen LogP contribution in [0.15, 0.2) is 48.5 Å². The van der Waals surface area contributed by atoms with Crippen LogP contribution < -0.4 is 5.32 Å². The van der Waals surface area contributed by atoms with Crippen LogP contribution in [0.3, 0.4) is 0 Å². The highest BCUT2D eigenvalue weighted by molar-refractivity contribution is 6.31. The number of hydrogen-bond donors (Lipinski definition) is 1. The zero-order valence-corrected chi connectivity index (χ0v) is 14.9. The number of halogens is 1. The van der Waals surface area contributed by atoms with Crippen LogP contribution in [-0.2, 0) is 22.7 Å². The van der Waals surface area contributed by atoms with Gasteiger partial charge < -0.3 is 10.2 Å². The number of carbonyl (C=O) groups excluding carboxylic acids is 2. The van der Waals surface area contributed by atoms with E-state index < -0.39 is 6.04 Å². The summed E-state index contributed by atoms with van der Waals surface area (Å²) in [4.78, 5) is 26.4. The first-order chi connectivity index (χ1) is 12.0. The number of amides is 2. The minimum absolute atomic E-state index is 0.00425. The molecule has 1 aliphatic rings. The molecule has 2 aromatic rings. The molecule has 0 aromatic heterocycles. The molecule has 1 heterocycles. The van der Waals surface area contributed by atoms with Crippen LogP contribution >= 0.6 is 11.6 Å². The van der Waals surface area contributed by atoms with Gasteiger partial charge in [0, 0.05) is 24.5 Å². The molecule has 1 fully saturated rings. The van der Waals surface area contributed by atoms with Gasteiger partial charge in [0.25, 0.3) is 0 Å². The molecule has 1 atom stereocenters. The lowest BCUT2D eigenvalue weighted by Crippen LogP contribution is -2.44. The zero-order chi connectivity index (χ0) is 17.8. The molecule has 3 rings (SSSR count). The molecular formula is C20H21ClN2O2. The molecule has 1 N–H and O–H groups in total. The molecule has 4 nitrogen and oxygen atoms in total. The molecule has 0 saturated carbocycles. The van der Waals surface area contributed by atoms with Gasteiger partial charge in [0.15, 0.2) is 0 Å². The summed E-state index contributed by atoms with van der Waals surface area (Å²) in [5, 5.41) is 3.56. The Morgan fingerprint density at radius 1 is 1.20 bits per heavy atom. The number of carbonyl (C=O) groups is 2. The number of hydrogen-bond acceptors (Lipinski definition) is 2. The van der Waals surface area contributed by atoms with Gasteiger partial charge in [0.05, 0.1) is 0 Å². The number of aryl methyl sites for hydroxylation is 1.